The van der Waals surface area contributed by atoms with Crippen LogP contribution < -0.4 is 0 Å². The van der Waals surface area contributed by atoms with E-state index in [2.05, 4.69) is 0 Å². The second-order valence-corrected chi connectivity index (χ2v) is 5.32. The average Bonchev–Trinajstić information content (AvgIpc) is 2.73. The number of rotatable bonds is 3. The Morgan fingerprint density at radius 1 is 1.10 bits per heavy atom. The molecule has 0 radical (unpaired) electrons. The van der Waals surface area contributed by atoms with Gasteiger partial charge in [-0.2, -0.15) is 0 Å². The molecule has 0 spiro atoms. The number of piperidine rings is 1. The van der Waals surface area contributed by atoms with Gasteiger partial charge in [0.2, 0.25) is 0 Å². The quantitative estimate of drug-likeness (QED) is 0.480. The average molecular weight is 289 g/mol. The van der Waals surface area contributed by atoms with Crippen LogP contribution in [0.4, 0.5) is 5.69 Å². The summed E-state index contributed by atoms with van der Waals surface area (Å²) < 4.78 is 0. The number of hydrogen-bond donors (Lipinski definition) is 0. The first-order valence-electron chi connectivity index (χ1n) is 6.95. The molecule has 0 N–H and O–H groups in total. The van der Waals surface area contributed by atoms with Gasteiger partial charge >= 0.3 is 0 Å². The van der Waals surface area contributed by atoms with Gasteiger partial charge in [-0.15, -0.1) is 0 Å². The summed E-state index contributed by atoms with van der Waals surface area (Å²) in [6.45, 7) is 1.90. The third-order valence-electron chi connectivity index (χ3n) is 3.96. The van der Waals surface area contributed by atoms with E-state index in [1.54, 1.807) is 0 Å². The van der Waals surface area contributed by atoms with Gasteiger partial charge in [-0.1, -0.05) is 12.5 Å². The topological polar surface area (TPSA) is 83.8 Å². The SMILES string of the molecule is O=C1c2cccc([N+](=O)[O-])c2C(=O)N1CN1CCCCC1. The number of nitrogens with zero attached hydrogens (tertiary/aromatic N) is 3. The standard InChI is InChI=1S/C14H15N3O4/c18-13-10-5-4-6-11(17(20)21)12(10)14(19)16(13)9-15-7-2-1-3-8-15/h4-6H,1-3,7-9H2. The molecule has 2 heterocycles. The van der Waals surface area contributed by atoms with Gasteiger partial charge in [0.15, 0.2) is 0 Å². The Kier molecular flexibility index (Phi) is 3.42. The molecular weight excluding hydrogens is 274 g/mol. The van der Waals surface area contributed by atoms with E-state index in [4.69, 9.17) is 0 Å². The number of nitro groups is 1. The highest BCUT2D eigenvalue weighted by atomic mass is 16.6. The number of likely N-dealkylation sites (tertiary alicyclic amines) is 1. The normalized spacial score (nSPS) is 19.0. The lowest BCUT2D eigenvalue weighted by atomic mass is 10.1. The zero-order valence-corrected chi connectivity index (χ0v) is 11.4. The maximum Gasteiger partial charge on any atom is 0.282 e. The van der Waals surface area contributed by atoms with E-state index in [-0.39, 0.29) is 23.5 Å². The van der Waals surface area contributed by atoms with Crippen LogP contribution in [0.15, 0.2) is 18.2 Å². The molecule has 1 aromatic carbocycles. The van der Waals surface area contributed by atoms with Crippen LogP contribution in [0.3, 0.4) is 0 Å². The summed E-state index contributed by atoms with van der Waals surface area (Å²) in [5.74, 6) is -1.00. The lowest BCUT2D eigenvalue weighted by Gasteiger charge is -2.29. The molecule has 2 aliphatic heterocycles. The van der Waals surface area contributed by atoms with Crippen molar-refractivity contribution in [2.24, 2.45) is 0 Å². The number of fused-ring (bicyclic) bond motifs is 1. The Hall–Kier alpha value is -2.28. The van der Waals surface area contributed by atoms with Gasteiger partial charge in [0.25, 0.3) is 17.5 Å². The van der Waals surface area contributed by atoms with Gasteiger partial charge in [0, 0.05) is 6.07 Å². The van der Waals surface area contributed by atoms with E-state index < -0.39 is 16.7 Å². The van der Waals surface area contributed by atoms with Crippen LogP contribution in [0.5, 0.6) is 0 Å². The van der Waals surface area contributed by atoms with Gasteiger partial charge in [-0.05, 0) is 32.0 Å². The highest BCUT2D eigenvalue weighted by molar-refractivity contribution is 6.23. The van der Waals surface area contributed by atoms with Crippen molar-refractivity contribution in [1.82, 2.24) is 9.80 Å². The predicted octanol–water partition coefficient (Wildman–Crippen LogP) is 1.63. The Labute approximate surface area is 121 Å². The molecule has 7 nitrogen and oxygen atoms in total. The van der Waals surface area contributed by atoms with Crippen molar-refractivity contribution >= 4 is 17.5 Å². The van der Waals surface area contributed by atoms with Crippen molar-refractivity contribution in [2.75, 3.05) is 19.8 Å². The minimum Gasteiger partial charge on any atom is -0.286 e. The number of carbonyl (C=O) groups is 2. The molecule has 1 fully saturated rings. The fraction of sp³-hybridized carbons (Fsp3) is 0.429. The Morgan fingerprint density at radius 3 is 2.48 bits per heavy atom. The van der Waals surface area contributed by atoms with E-state index in [1.807, 2.05) is 4.90 Å². The molecule has 0 aliphatic carbocycles. The number of amides is 2. The molecule has 0 unspecified atom stereocenters. The lowest BCUT2D eigenvalue weighted by Crippen LogP contribution is -2.43. The summed E-state index contributed by atoms with van der Waals surface area (Å²) in [7, 11) is 0. The van der Waals surface area contributed by atoms with Crippen molar-refractivity contribution in [3.63, 3.8) is 0 Å². The van der Waals surface area contributed by atoms with Crippen LogP contribution in [0, 0.1) is 10.1 Å². The fourth-order valence-corrected chi connectivity index (χ4v) is 2.90. The zero-order chi connectivity index (χ0) is 15.0. The third kappa shape index (κ3) is 2.29. The first-order chi connectivity index (χ1) is 10.1. The molecule has 1 aromatic rings. The highest BCUT2D eigenvalue weighted by Crippen LogP contribution is 2.30. The van der Waals surface area contributed by atoms with Crippen LogP contribution in [-0.4, -0.2) is 46.3 Å². The second kappa shape index (κ2) is 5.25. The van der Waals surface area contributed by atoms with Crippen molar-refractivity contribution in [2.45, 2.75) is 19.3 Å². The molecule has 2 aliphatic rings. The number of imide groups is 1. The summed E-state index contributed by atoms with van der Waals surface area (Å²) in [6.07, 6.45) is 3.25. The molecule has 0 atom stereocenters. The van der Waals surface area contributed by atoms with Crippen molar-refractivity contribution < 1.29 is 14.5 Å². The fourth-order valence-electron chi connectivity index (χ4n) is 2.90. The first kappa shape index (κ1) is 13.7. The molecule has 7 heteroatoms. The van der Waals surface area contributed by atoms with Crippen LogP contribution in [0.1, 0.15) is 40.0 Å². The van der Waals surface area contributed by atoms with Crippen molar-refractivity contribution in [3.05, 3.63) is 39.4 Å². The van der Waals surface area contributed by atoms with Gasteiger partial charge in [-0.3, -0.25) is 29.5 Å². The molecule has 1 saturated heterocycles. The molecular formula is C14H15N3O4. The molecule has 0 bridgehead atoms. The number of carbonyl (C=O) groups excluding carboxylic acids is 2. The maximum atomic E-state index is 12.4. The van der Waals surface area contributed by atoms with Crippen LogP contribution >= 0.6 is 0 Å². The van der Waals surface area contributed by atoms with Crippen LogP contribution in [-0.2, 0) is 0 Å². The molecule has 2 amide bonds. The number of benzene rings is 1. The predicted molar refractivity (Wildman–Crippen MR) is 73.9 cm³/mol. The summed E-state index contributed by atoms with van der Waals surface area (Å²) in [4.78, 5) is 38.3. The summed E-state index contributed by atoms with van der Waals surface area (Å²) >= 11 is 0. The van der Waals surface area contributed by atoms with Gasteiger partial charge < -0.3 is 0 Å². The monoisotopic (exact) mass is 289 g/mol. The molecule has 3 rings (SSSR count). The zero-order valence-electron chi connectivity index (χ0n) is 11.4. The minimum absolute atomic E-state index is 0.0792. The van der Waals surface area contributed by atoms with Crippen LogP contribution in [0.25, 0.3) is 0 Å². The summed E-state index contributed by atoms with van der Waals surface area (Å²) in [6, 6.07) is 4.17. The molecule has 0 saturated carbocycles. The van der Waals surface area contributed by atoms with Gasteiger partial charge in [0.05, 0.1) is 17.2 Å². The Balaban J connectivity index is 1.89. The van der Waals surface area contributed by atoms with Gasteiger partial charge in [0.1, 0.15) is 5.56 Å². The minimum atomic E-state index is -0.617. The second-order valence-electron chi connectivity index (χ2n) is 5.32. The number of hydrogen-bond acceptors (Lipinski definition) is 5. The van der Waals surface area contributed by atoms with Crippen molar-refractivity contribution in [1.29, 1.82) is 0 Å². The smallest absolute Gasteiger partial charge is 0.282 e. The van der Waals surface area contributed by atoms with E-state index in [0.29, 0.717) is 0 Å². The molecule has 110 valence electrons. The van der Waals surface area contributed by atoms with E-state index in [9.17, 15) is 19.7 Å². The molecule has 0 aromatic heterocycles. The van der Waals surface area contributed by atoms with Gasteiger partial charge in [-0.25, -0.2) is 0 Å². The largest absolute Gasteiger partial charge is 0.286 e. The number of nitro benzene ring substituents is 1. The summed E-state index contributed by atoms with van der Waals surface area (Å²) in [5.41, 5.74) is -0.247. The molecule has 21 heavy (non-hydrogen) atoms. The lowest BCUT2D eigenvalue weighted by molar-refractivity contribution is -0.385. The highest BCUT2D eigenvalue weighted by Gasteiger charge is 2.41. The first-order valence-corrected chi connectivity index (χ1v) is 6.95. The summed E-state index contributed by atoms with van der Waals surface area (Å²) in [5, 5.41) is 11.0. The van der Waals surface area contributed by atoms with E-state index in [1.165, 1.54) is 18.2 Å². The van der Waals surface area contributed by atoms with Crippen LogP contribution in [0.2, 0.25) is 0 Å². The van der Waals surface area contributed by atoms with E-state index in [0.717, 1.165) is 37.3 Å². The Bertz CT molecular complexity index is 623. The third-order valence-corrected chi connectivity index (χ3v) is 3.96. The van der Waals surface area contributed by atoms with Crippen molar-refractivity contribution in [3.8, 4) is 0 Å². The van der Waals surface area contributed by atoms with E-state index >= 15 is 0 Å². The Morgan fingerprint density at radius 2 is 1.81 bits per heavy atom. The maximum absolute atomic E-state index is 12.4.